The van der Waals surface area contributed by atoms with Gasteiger partial charge in [-0.3, -0.25) is 9.36 Å². The van der Waals surface area contributed by atoms with Crippen molar-refractivity contribution in [2.45, 2.75) is 52.3 Å². The van der Waals surface area contributed by atoms with Gasteiger partial charge in [0.25, 0.3) is 0 Å². The minimum Gasteiger partial charge on any atom is -0.479 e. The van der Waals surface area contributed by atoms with E-state index in [0.29, 0.717) is 12.4 Å². The van der Waals surface area contributed by atoms with Crippen LogP contribution in [0.4, 0.5) is 5.82 Å². The summed E-state index contributed by atoms with van der Waals surface area (Å²) in [5.41, 5.74) is -2.23. The summed E-state index contributed by atoms with van der Waals surface area (Å²) in [6, 6.07) is 0. The summed E-state index contributed by atoms with van der Waals surface area (Å²) in [6.45, 7) is 7.03. The molecule has 0 radical (unpaired) electrons. The second-order valence-electron chi connectivity index (χ2n) is 6.66. The maximum absolute atomic E-state index is 12.4. The zero-order valence-electron chi connectivity index (χ0n) is 14.6. The van der Waals surface area contributed by atoms with Gasteiger partial charge in [-0.15, -0.1) is 0 Å². The standard InChI is InChI=1S/C15H22N4O6/c1-5-25-10-6-15(13(21)22,14(10,3)4)17-12(20)8-18-7-11(19(23)24)16-9(18)2/h7,10H,5-6,8H2,1-4H3,(H,17,20)(H,21,22). The Labute approximate surface area is 144 Å². The number of carboxylic acids is 1. The number of carbonyl (C=O) groups is 2. The SMILES string of the molecule is CCOC1CC(NC(=O)Cn2cc([N+](=O)[O-])nc2C)(C(=O)O)C1(C)C. The fourth-order valence-corrected chi connectivity index (χ4v) is 3.21. The highest BCUT2D eigenvalue weighted by Crippen LogP contribution is 2.51. The first-order chi connectivity index (χ1) is 11.5. The Morgan fingerprint density at radius 1 is 1.56 bits per heavy atom. The van der Waals surface area contributed by atoms with E-state index in [9.17, 15) is 24.8 Å². The van der Waals surface area contributed by atoms with Crippen molar-refractivity contribution in [1.29, 1.82) is 0 Å². The first-order valence-electron chi connectivity index (χ1n) is 7.89. The molecule has 10 heteroatoms. The molecular formula is C15H22N4O6. The van der Waals surface area contributed by atoms with Crippen LogP contribution in [-0.4, -0.2) is 49.7 Å². The van der Waals surface area contributed by atoms with E-state index in [2.05, 4.69) is 10.3 Å². The lowest BCUT2D eigenvalue weighted by molar-refractivity contribution is -0.389. The van der Waals surface area contributed by atoms with E-state index in [4.69, 9.17) is 4.74 Å². The van der Waals surface area contributed by atoms with Gasteiger partial charge in [0.15, 0.2) is 0 Å². The van der Waals surface area contributed by atoms with Crippen molar-refractivity contribution in [3.63, 3.8) is 0 Å². The van der Waals surface area contributed by atoms with E-state index in [1.165, 1.54) is 11.5 Å². The van der Waals surface area contributed by atoms with E-state index < -0.39 is 27.8 Å². The number of aliphatic carboxylic acids is 1. The average Bonchev–Trinajstić information content (AvgIpc) is 2.87. The number of nitro groups is 1. The number of imidazole rings is 1. The number of hydrogen-bond donors (Lipinski definition) is 2. The van der Waals surface area contributed by atoms with Crippen LogP contribution >= 0.6 is 0 Å². The number of hydrogen-bond acceptors (Lipinski definition) is 6. The van der Waals surface area contributed by atoms with Crippen molar-refractivity contribution < 1.29 is 24.4 Å². The number of carboxylic acid groups (broad SMARTS) is 1. The van der Waals surface area contributed by atoms with Crippen molar-refractivity contribution in [3.8, 4) is 0 Å². The highest BCUT2D eigenvalue weighted by Gasteiger charge is 2.66. The summed E-state index contributed by atoms with van der Waals surface area (Å²) in [5.74, 6) is -1.75. The molecule has 1 fully saturated rings. The summed E-state index contributed by atoms with van der Waals surface area (Å²) in [5, 5.41) is 23.0. The molecule has 1 aliphatic carbocycles. The lowest BCUT2D eigenvalue weighted by Crippen LogP contribution is -2.76. The molecule has 1 saturated carbocycles. The number of amides is 1. The Morgan fingerprint density at radius 3 is 2.64 bits per heavy atom. The quantitative estimate of drug-likeness (QED) is 0.547. The average molecular weight is 354 g/mol. The summed E-state index contributed by atoms with van der Waals surface area (Å²) in [4.78, 5) is 38.1. The number of carbonyl (C=O) groups excluding carboxylic acids is 1. The lowest BCUT2D eigenvalue weighted by Gasteiger charge is -2.58. The van der Waals surface area contributed by atoms with Gasteiger partial charge in [0, 0.05) is 25.4 Å². The summed E-state index contributed by atoms with van der Waals surface area (Å²) in [7, 11) is 0. The maximum Gasteiger partial charge on any atom is 0.381 e. The van der Waals surface area contributed by atoms with Gasteiger partial charge in [0.05, 0.1) is 6.10 Å². The van der Waals surface area contributed by atoms with Crippen LogP contribution in [-0.2, 0) is 20.9 Å². The molecule has 2 N–H and O–H groups in total. The molecule has 1 aliphatic rings. The summed E-state index contributed by atoms with van der Waals surface area (Å²) in [6.07, 6.45) is 1.04. The number of aromatic nitrogens is 2. The van der Waals surface area contributed by atoms with E-state index in [1.807, 2.05) is 6.92 Å². The molecule has 2 unspecified atom stereocenters. The molecule has 0 saturated heterocycles. The zero-order valence-corrected chi connectivity index (χ0v) is 14.6. The molecule has 0 bridgehead atoms. The second-order valence-corrected chi connectivity index (χ2v) is 6.66. The van der Waals surface area contributed by atoms with Gasteiger partial charge in [0.1, 0.15) is 18.3 Å². The van der Waals surface area contributed by atoms with Gasteiger partial charge in [-0.1, -0.05) is 13.8 Å². The molecule has 2 atom stereocenters. The fourth-order valence-electron chi connectivity index (χ4n) is 3.21. The van der Waals surface area contributed by atoms with Gasteiger partial charge >= 0.3 is 11.8 Å². The minimum absolute atomic E-state index is 0.165. The number of ether oxygens (including phenoxy) is 1. The van der Waals surface area contributed by atoms with E-state index in [-0.39, 0.29) is 24.9 Å². The summed E-state index contributed by atoms with van der Waals surface area (Å²) >= 11 is 0. The summed E-state index contributed by atoms with van der Waals surface area (Å²) < 4.78 is 6.86. The Kier molecular flexibility index (Phi) is 4.85. The van der Waals surface area contributed by atoms with Crippen LogP contribution in [0, 0.1) is 22.5 Å². The second kappa shape index (κ2) is 6.43. The monoisotopic (exact) mass is 354 g/mol. The molecule has 25 heavy (non-hydrogen) atoms. The van der Waals surface area contributed by atoms with Crippen LogP contribution in [0.2, 0.25) is 0 Å². The van der Waals surface area contributed by atoms with Gasteiger partial charge in [0.2, 0.25) is 11.7 Å². The number of rotatable bonds is 7. The van der Waals surface area contributed by atoms with Crippen molar-refractivity contribution >= 4 is 17.7 Å². The molecule has 1 aromatic rings. The lowest BCUT2D eigenvalue weighted by atomic mass is 9.54. The predicted molar refractivity (Wildman–Crippen MR) is 85.9 cm³/mol. The Balaban J connectivity index is 2.15. The molecule has 1 aromatic heterocycles. The third-order valence-electron chi connectivity index (χ3n) is 4.95. The molecule has 138 valence electrons. The maximum atomic E-state index is 12.4. The van der Waals surface area contributed by atoms with E-state index in [1.54, 1.807) is 13.8 Å². The Bertz CT molecular complexity index is 713. The van der Waals surface area contributed by atoms with Crippen LogP contribution in [0.5, 0.6) is 0 Å². The van der Waals surface area contributed by atoms with Crippen molar-refractivity contribution in [3.05, 3.63) is 22.1 Å². The van der Waals surface area contributed by atoms with Crippen LogP contribution in [0.15, 0.2) is 6.20 Å². The zero-order chi connectivity index (χ0) is 19.0. The predicted octanol–water partition coefficient (Wildman–Crippen LogP) is 0.874. The smallest absolute Gasteiger partial charge is 0.381 e. The topological polar surface area (TPSA) is 137 Å². The largest absolute Gasteiger partial charge is 0.479 e. The molecule has 0 spiro atoms. The van der Waals surface area contributed by atoms with E-state index in [0.717, 1.165) is 6.20 Å². The van der Waals surface area contributed by atoms with Crippen molar-refractivity contribution in [2.75, 3.05) is 6.61 Å². The first-order valence-corrected chi connectivity index (χ1v) is 7.89. The number of aryl methyl sites for hydroxylation is 1. The van der Waals surface area contributed by atoms with Gasteiger partial charge in [-0.05, 0) is 16.8 Å². The molecular weight excluding hydrogens is 332 g/mol. The van der Waals surface area contributed by atoms with Crippen molar-refractivity contribution in [2.24, 2.45) is 5.41 Å². The molecule has 0 aromatic carbocycles. The van der Waals surface area contributed by atoms with Crippen molar-refractivity contribution in [1.82, 2.24) is 14.9 Å². The van der Waals surface area contributed by atoms with Crippen LogP contribution in [0.3, 0.4) is 0 Å². The molecule has 1 heterocycles. The van der Waals surface area contributed by atoms with Gasteiger partial charge < -0.3 is 25.3 Å². The first kappa shape index (κ1) is 18.8. The normalized spacial score (nSPS) is 24.4. The van der Waals surface area contributed by atoms with Gasteiger partial charge in [-0.2, -0.15) is 0 Å². The molecule has 10 nitrogen and oxygen atoms in total. The number of nitrogens with one attached hydrogen (secondary N) is 1. The third kappa shape index (κ3) is 3.09. The molecule has 1 amide bonds. The Hall–Kier alpha value is -2.49. The highest BCUT2D eigenvalue weighted by atomic mass is 16.6. The van der Waals surface area contributed by atoms with Crippen LogP contribution < -0.4 is 5.32 Å². The Morgan fingerprint density at radius 2 is 2.20 bits per heavy atom. The van der Waals surface area contributed by atoms with Crippen LogP contribution in [0.1, 0.15) is 33.0 Å². The highest BCUT2D eigenvalue weighted by molar-refractivity contribution is 5.89. The molecule has 0 aliphatic heterocycles. The number of nitrogens with zero attached hydrogens (tertiary/aromatic N) is 3. The van der Waals surface area contributed by atoms with E-state index >= 15 is 0 Å². The third-order valence-corrected chi connectivity index (χ3v) is 4.95. The van der Waals surface area contributed by atoms with Crippen LogP contribution in [0.25, 0.3) is 0 Å². The minimum atomic E-state index is -1.44. The fraction of sp³-hybridized carbons (Fsp3) is 0.667. The molecule has 2 rings (SSSR count). The van der Waals surface area contributed by atoms with Gasteiger partial charge in [-0.25, -0.2) is 4.79 Å².